The number of halogens is 1. The maximum absolute atomic E-state index is 13.4. The zero-order valence-electron chi connectivity index (χ0n) is 21.7. The van der Waals surface area contributed by atoms with Crippen LogP contribution in [-0.4, -0.2) is 70.5 Å². The van der Waals surface area contributed by atoms with Crippen molar-refractivity contribution >= 4 is 34.4 Å². The summed E-state index contributed by atoms with van der Waals surface area (Å²) >= 11 is 2.05. The fourth-order valence-electron chi connectivity index (χ4n) is 4.33. The van der Waals surface area contributed by atoms with E-state index in [0.717, 1.165) is 5.56 Å². The number of ether oxygens (including phenoxy) is 2. The van der Waals surface area contributed by atoms with Crippen LogP contribution in [0.15, 0.2) is 46.8 Å². The lowest BCUT2D eigenvalue weighted by molar-refractivity contribution is -0.140. The van der Waals surface area contributed by atoms with Gasteiger partial charge in [0.05, 0.1) is 42.5 Å². The van der Waals surface area contributed by atoms with Crippen LogP contribution >= 0.6 is 22.6 Å². The van der Waals surface area contributed by atoms with Gasteiger partial charge in [-0.3, -0.25) is 9.59 Å². The molecule has 3 unspecified atom stereocenters. The third-order valence-corrected chi connectivity index (χ3v) is 6.98. The minimum Gasteiger partial charge on any atom is -0.493 e. The predicted octanol–water partition coefficient (Wildman–Crippen LogP) is 2.38. The van der Waals surface area contributed by atoms with E-state index in [2.05, 4.69) is 27.9 Å². The number of benzene rings is 1. The van der Waals surface area contributed by atoms with Crippen LogP contribution in [0.4, 0.5) is 0 Å². The molecule has 208 valence electrons. The molecule has 0 fully saturated rings. The van der Waals surface area contributed by atoms with Crippen molar-refractivity contribution in [3.8, 4) is 11.5 Å². The lowest BCUT2D eigenvalue weighted by Crippen LogP contribution is -2.55. The highest BCUT2D eigenvalue weighted by Gasteiger charge is 2.41. The Bertz CT molecular complexity index is 1120. The summed E-state index contributed by atoms with van der Waals surface area (Å²) in [7, 11) is 1.47. The molecule has 0 saturated heterocycles. The maximum atomic E-state index is 13.4. The second kappa shape index (κ2) is 14.0. The summed E-state index contributed by atoms with van der Waals surface area (Å²) in [6.07, 6.45) is 2.79. The predicted molar refractivity (Wildman–Crippen MR) is 147 cm³/mol. The van der Waals surface area contributed by atoms with Gasteiger partial charge in [-0.2, -0.15) is 0 Å². The third-order valence-electron chi connectivity index (χ3n) is 6.18. The van der Waals surface area contributed by atoms with Gasteiger partial charge in [-0.1, -0.05) is 13.8 Å². The Labute approximate surface area is 235 Å². The monoisotopic (exact) mass is 642 g/mol. The molecule has 3 atom stereocenters. The van der Waals surface area contributed by atoms with Gasteiger partial charge in [0, 0.05) is 37.1 Å². The first kappa shape index (κ1) is 29.9. The molecule has 1 aromatic carbocycles. The molecule has 1 aromatic heterocycles. The molecule has 4 N–H and O–H groups in total. The van der Waals surface area contributed by atoms with Crippen LogP contribution in [0.3, 0.4) is 0 Å². The first-order chi connectivity index (χ1) is 18.2. The van der Waals surface area contributed by atoms with Gasteiger partial charge >= 0.3 is 0 Å². The highest BCUT2D eigenvalue weighted by molar-refractivity contribution is 14.1. The summed E-state index contributed by atoms with van der Waals surface area (Å²) in [5, 5.41) is 33.0. The molecule has 0 saturated carbocycles. The molecule has 1 heterocycles. The molecule has 0 spiro atoms. The molecule has 11 heteroatoms. The van der Waals surface area contributed by atoms with Crippen LogP contribution in [0, 0.1) is 9.49 Å². The van der Waals surface area contributed by atoms with Crippen molar-refractivity contribution in [3.05, 3.63) is 57.1 Å². The lowest BCUT2D eigenvalue weighted by atomic mass is 9.87. The van der Waals surface area contributed by atoms with Crippen molar-refractivity contribution in [2.75, 3.05) is 20.3 Å². The number of aliphatic hydroxyl groups is 3. The summed E-state index contributed by atoms with van der Waals surface area (Å²) < 4.78 is 17.6. The molecular weight excluding hydrogens is 607 g/mol. The Kier molecular flexibility index (Phi) is 11.0. The third kappa shape index (κ3) is 7.49. The van der Waals surface area contributed by atoms with Crippen LogP contribution in [0.5, 0.6) is 11.5 Å². The van der Waals surface area contributed by atoms with E-state index < -0.39 is 24.2 Å². The minimum absolute atomic E-state index is 0.0638. The number of amides is 2. The van der Waals surface area contributed by atoms with Crippen molar-refractivity contribution in [3.63, 3.8) is 0 Å². The topological polar surface area (TPSA) is 142 Å². The van der Waals surface area contributed by atoms with E-state index in [1.54, 1.807) is 35.4 Å². The van der Waals surface area contributed by atoms with Crippen molar-refractivity contribution in [1.29, 1.82) is 0 Å². The van der Waals surface area contributed by atoms with Crippen molar-refractivity contribution in [2.24, 2.45) is 5.92 Å². The van der Waals surface area contributed by atoms with Gasteiger partial charge < -0.3 is 39.4 Å². The van der Waals surface area contributed by atoms with Crippen molar-refractivity contribution in [1.82, 2.24) is 10.2 Å². The molecule has 0 bridgehead atoms. The van der Waals surface area contributed by atoms with Gasteiger partial charge in [0.25, 0.3) is 0 Å². The number of methoxy groups -OCH3 is 1. The molecule has 2 aromatic rings. The van der Waals surface area contributed by atoms with Gasteiger partial charge in [-0.25, -0.2) is 0 Å². The normalized spacial score (nSPS) is 19.2. The van der Waals surface area contributed by atoms with E-state index in [0.29, 0.717) is 26.2 Å². The molecule has 0 aliphatic heterocycles. The van der Waals surface area contributed by atoms with Crippen molar-refractivity contribution < 1.29 is 38.8 Å². The Morgan fingerprint density at radius 3 is 2.63 bits per heavy atom. The van der Waals surface area contributed by atoms with E-state index >= 15 is 0 Å². The quantitative estimate of drug-likeness (QED) is 0.259. The first-order valence-electron chi connectivity index (χ1n) is 12.4. The van der Waals surface area contributed by atoms with E-state index in [1.165, 1.54) is 13.4 Å². The van der Waals surface area contributed by atoms with E-state index in [9.17, 15) is 24.9 Å². The van der Waals surface area contributed by atoms with E-state index in [-0.39, 0.29) is 51.0 Å². The number of carbonyl (C=O) groups excluding carboxylic acids is 2. The molecule has 10 nitrogen and oxygen atoms in total. The number of nitrogens with zero attached hydrogens (tertiary/aromatic N) is 1. The summed E-state index contributed by atoms with van der Waals surface area (Å²) in [5.41, 5.74) is 1.71. The summed E-state index contributed by atoms with van der Waals surface area (Å²) in [6, 6.07) is 4.35. The summed E-state index contributed by atoms with van der Waals surface area (Å²) in [4.78, 5) is 28.0. The molecule has 3 rings (SSSR count). The minimum atomic E-state index is -1.18. The summed E-state index contributed by atoms with van der Waals surface area (Å²) in [6.45, 7) is 3.72. The fourth-order valence-corrected chi connectivity index (χ4v) is 5.12. The average Bonchev–Trinajstić information content (AvgIpc) is 3.40. The SMILES string of the molecule is COc1cc(CO)cc(I)c1OC1C=C(C(=O)NCCO)CC(N(Cc2ccoc2)C(=O)CC(C)C)C1O. The molecular formula is C27H35IN2O8. The van der Waals surface area contributed by atoms with Crippen LogP contribution in [-0.2, 0) is 22.7 Å². The number of aliphatic hydroxyl groups excluding tert-OH is 3. The van der Waals surface area contributed by atoms with Gasteiger partial charge in [0.15, 0.2) is 11.5 Å². The fraction of sp³-hybridized carbons (Fsp3) is 0.481. The molecule has 2 amide bonds. The number of furan rings is 1. The van der Waals surface area contributed by atoms with Gasteiger partial charge in [-0.05, 0) is 58.3 Å². The molecule has 38 heavy (non-hydrogen) atoms. The average molecular weight is 642 g/mol. The molecule has 1 aliphatic rings. The zero-order valence-corrected chi connectivity index (χ0v) is 23.9. The molecule has 0 radical (unpaired) electrons. The number of hydrogen-bond acceptors (Lipinski definition) is 8. The maximum Gasteiger partial charge on any atom is 0.247 e. The van der Waals surface area contributed by atoms with Gasteiger partial charge in [0.1, 0.15) is 12.2 Å². The summed E-state index contributed by atoms with van der Waals surface area (Å²) in [5.74, 6) is 0.208. The second-order valence-corrected chi connectivity index (χ2v) is 10.7. The van der Waals surface area contributed by atoms with Gasteiger partial charge in [-0.15, -0.1) is 0 Å². The van der Waals surface area contributed by atoms with E-state index in [1.807, 2.05) is 13.8 Å². The zero-order chi connectivity index (χ0) is 27.8. The number of hydrogen-bond donors (Lipinski definition) is 4. The number of rotatable bonds is 12. The van der Waals surface area contributed by atoms with Crippen LogP contribution in [0.25, 0.3) is 0 Å². The van der Waals surface area contributed by atoms with Crippen LogP contribution in [0.2, 0.25) is 0 Å². The van der Waals surface area contributed by atoms with Crippen molar-refractivity contribution in [2.45, 2.75) is 58.1 Å². The Morgan fingerprint density at radius 1 is 1.26 bits per heavy atom. The van der Waals surface area contributed by atoms with Gasteiger partial charge in [0.2, 0.25) is 11.8 Å². The largest absolute Gasteiger partial charge is 0.493 e. The van der Waals surface area contributed by atoms with Crippen LogP contribution < -0.4 is 14.8 Å². The second-order valence-electron chi connectivity index (χ2n) is 9.53. The molecule has 1 aliphatic carbocycles. The smallest absolute Gasteiger partial charge is 0.247 e. The number of nitrogens with one attached hydrogen (secondary N) is 1. The first-order valence-corrected chi connectivity index (χ1v) is 13.5. The Balaban J connectivity index is 2.02. The Hall–Kier alpha value is -2.61. The lowest BCUT2D eigenvalue weighted by Gasteiger charge is -2.40. The van der Waals surface area contributed by atoms with Crippen LogP contribution in [0.1, 0.15) is 37.8 Å². The highest BCUT2D eigenvalue weighted by Crippen LogP contribution is 2.37. The van der Waals surface area contributed by atoms with E-state index in [4.69, 9.17) is 13.9 Å². The standard InChI is InChI=1S/C27H35IN2O8/c1-16(2)8-24(33)30(13-17-4-7-37-15-17)21-11-19(27(35)29-5-6-31)12-22(25(21)34)38-26-20(28)9-18(14-32)10-23(26)36-3/h4,7,9-10,12,15-16,21-22,25,31-32,34H,5-6,8,11,13-14H2,1-3H3,(H,29,35). The number of carbonyl (C=O) groups is 2. The highest BCUT2D eigenvalue weighted by atomic mass is 127. The Morgan fingerprint density at radius 2 is 2.03 bits per heavy atom.